The average molecular weight is 311 g/mol. The Morgan fingerprint density at radius 3 is 2.30 bits per heavy atom. The van der Waals surface area contributed by atoms with Crippen molar-refractivity contribution in [3.8, 4) is 0 Å². The van der Waals surface area contributed by atoms with Gasteiger partial charge in [0.1, 0.15) is 0 Å². The Morgan fingerprint density at radius 1 is 1.10 bits per heavy atom. The van der Waals surface area contributed by atoms with E-state index in [1.807, 2.05) is 19.1 Å². The quantitative estimate of drug-likeness (QED) is 0.854. The third-order valence-corrected chi connectivity index (χ3v) is 4.74. The molecule has 106 valence electrons. The molecule has 2 rings (SSSR count). The summed E-state index contributed by atoms with van der Waals surface area (Å²) in [5, 5.41) is 0.344. The van der Waals surface area contributed by atoms with Gasteiger partial charge < -0.3 is 5.73 Å². The van der Waals surface area contributed by atoms with E-state index in [1.165, 1.54) is 6.07 Å². The molecule has 0 fully saturated rings. The van der Waals surface area contributed by atoms with Gasteiger partial charge in [0, 0.05) is 5.69 Å². The topological polar surface area (TPSA) is 72.2 Å². The first-order valence-electron chi connectivity index (χ1n) is 5.95. The van der Waals surface area contributed by atoms with Crippen molar-refractivity contribution < 1.29 is 8.42 Å². The van der Waals surface area contributed by atoms with Gasteiger partial charge in [-0.2, -0.15) is 0 Å². The van der Waals surface area contributed by atoms with E-state index in [1.54, 1.807) is 25.1 Å². The van der Waals surface area contributed by atoms with E-state index in [0.29, 0.717) is 16.3 Å². The van der Waals surface area contributed by atoms with Crippen molar-refractivity contribution >= 4 is 33.0 Å². The fourth-order valence-corrected chi connectivity index (χ4v) is 3.33. The summed E-state index contributed by atoms with van der Waals surface area (Å²) in [6.07, 6.45) is 0. The lowest BCUT2D eigenvalue weighted by Crippen LogP contribution is -2.14. The van der Waals surface area contributed by atoms with E-state index >= 15 is 0 Å². The normalized spacial score (nSPS) is 11.3. The van der Waals surface area contributed by atoms with Crippen LogP contribution in [0.15, 0.2) is 41.3 Å². The second-order valence-electron chi connectivity index (χ2n) is 4.61. The molecule has 4 nitrogen and oxygen atoms in total. The number of hydrogen-bond donors (Lipinski definition) is 2. The van der Waals surface area contributed by atoms with Gasteiger partial charge in [-0.1, -0.05) is 29.3 Å². The number of halogens is 1. The zero-order valence-electron chi connectivity index (χ0n) is 11.1. The predicted octanol–water partition coefficient (Wildman–Crippen LogP) is 3.34. The molecule has 6 heteroatoms. The van der Waals surface area contributed by atoms with Gasteiger partial charge in [0.2, 0.25) is 0 Å². The van der Waals surface area contributed by atoms with Crippen LogP contribution in [0.1, 0.15) is 11.1 Å². The highest BCUT2D eigenvalue weighted by Crippen LogP contribution is 2.27. The molecule has 0 aliphatic heterocycles. The number of aryl methyl sites for hydroxylation is 2. The minimum atomic E-state index is -3.68. The number of benzene rings is 2. The molecular formula is C14H15ClN2O2S. The van der Waals surface area contributed by atoms with Crippen molar-refractivity contribution in [2.75, 3.05) is 10.5 Å². The van der Waals surface area contributed by atoms with Gasteiger partial charge in [0.15, 0.2) is 0 Å². The van der Waals surface area contributed by atoms with Crippen LogP contribution >= 0.6 is 11.6 Å². The van der Waals surface area contributed by atoms with E-state index in [-0.39, 0.29) is 10.6 Å². The van der Waals surface area contributed by atoms with Crippen LogP contribution < -0.4 is 10.5 Å². The van der Waals surface area contributed by atoms with Gasteiger partial charge >= 0.3 is 0 Å². The molecule has 0 spiro atoms. The third-order valence-electron chi connectivity index (χ3n) is 2.89. The number of rotatable bonds is 3. The zero-order valence-corrected chi connectivity index (χ0v) is 12.7. The Balaban J connectivity index is 2.40. The summed E-state index contributed by atoms with van der Waals surface area (Å²) >= 11 is 5.87. The first-order valence-corrected chi connectivity index (χ1v) is 7.81. The van der Waals surface area contributed by atoms with Crippen LogP contribution in [-0.2, 0) is 10.0 Å². The SMILES string of the molecule is Cc1ccc(NS(=O)(=O)c2cc(N)c(Cl)cc2C)cc1. The summed E-state index contributed by atoms with van der Waals surface area (Å²) in [7, 11) is -3.68. The number of sulfonamides is 1. The van der Waals surface area contributed by atoms with E-state index in [2.05, 4.69) is 4.72 Å². The molecule has 3 N–H and O–H groups in total. The molecule has 0 unspecified atom stereocenters. The van der Waals surface area contributed by atoms with Crippen molar-refractivity contribution in [3.05, 3.63) is 52.5 Å². The predicted molar refractivity (Wildman–Crippen MR) is 82.6 cm³/mol. The van der Waals surface area contributed by atoms with Crippen molar-refractivity contribution in [1.29, 1.82) is 0 Å². The molecule has 0 heterocycles. The van der Waals surface area contributed by atoms with Gasteiger partial charge in [0.25, 0.3) is 10.0 Å². The van der Waals surface area contributed by atoms with E-state index < -0.39 is 10.0 Å². The minimum Gasteiger partial charge on any atom is -0.397 e. The number of nitrogens with one attached hydrogen (secondary N) is 1. The lowest BCUT2D eigenvalue weighted by atomic mass is 10.2. The van der Waals surface area contributed by atoms with Gasteiger partial charge in [-0.3, -0.25) is 4.72 Å². The van der Waals surface area contributed by atoms with Crippen molar-refractivity contribution in [2.45, 2.75) is 18.7 Å². The second kappa shape index (κ2) is 5.34. The van der Waals surface area contributed by atoms with E-state index in [9.17, 15) is 8.42 Å². The number of hydrogen-bond acceptors (Lipinski definition) is 3. The fraction of sp³-hybridized carbons (Fsp3) is 0.143. The molecule has 0 aromatic heterocycles. The van der Waals surface area contributed by atoms with Gasteiger partial charge in [-0.25, -0.2) is 8.42 Å². The highest BCUT2D eigenvalue weighted by atomic mass is 35.5. The van der Waals surface area contributed by atoms with Gasteiger partial charge in [-0.05, 0) is 43.7 Å². The highest BCUT2D eigenvalue weighted by molar-refractivity contribution is 7.92. The summed E-state index contributed by atoms with van der Waals surface area (Å²) in [5.41, 5.74) is 8.02. The molecule has 20 heavy (non-hydrogen) atoms. The van der Waals surface area contributed by atoms with Crippen LogP contribution in [0.25, 0.3) is 0 Å². The lowest BCUT2D eigenvalue weighted by Gasteiger charge is -2.12. The third kappa shape index (κ3) is 3.05. The van der Waals surface area contributed by atoms with Crippen molar-refractivity contribution in [2.24, 2.45) is 0 Å². The largest absolute Gasteiger partial charge is 0.397 e. The maximum atomic E-state index is 12.4. The Kier molecular flexibility index (Phi) is 3.92. The molecule has 2 aromatic rings. The monoisotopic (exact) mass is 310 g/mol. The van der Waals surface area contributed by atoms with Crippen LogP contribution in [0.2, 0.25) is 5.02 Å². The maximum Gasteiger partial charge on any atom is 0.262 e. The summed E-state index contributed by atoms with van der Waals surface area (Å²) in [6, 6.07) is 10.00. The number of nitrogens with two attached hydrogens (primary N) is 1. The highest BCUT2D eigenvalue weighted by Gasteiger charge is 2.18. The summed E-state index contributed by atoms with van der Waals surface area (Å²) < 4.78 is 27.2. The smallest absolute Gasteiger partial charge is 0.262 e. The molecular weight excluding hydrogens is 296 g/mol. The molecule has 2 aromatic carbocycles. The second-order valence-corrected chi connectivity index (χ2v) is 6.67. The van der Waals surface area contributed by atoms with Gasteiger partial charge in [0.05, 0.1) is 15.6 Å². The van der Waals surface area contributed by atoms with Crippen LogP contribution in [0.3, 0.4) is 0 Å². The molecule has 0 amide bonds. The molecule has 0 saturated carbocycles. The summed E-state index contributed by atoms with van der Waals surface area (Å²) in [5.74, 6) is 0. The first kappa shape index (κ1) is 14.7. The Bertz CT molecular complexity index is 741. The maximum absolute atomic E-state index is 12.4. The van der Waals surface area contributed by atoms with Crippen LogP contribution in [0.5, 0.6) is 0 Å². The minimum absolute atomic E-state index is 0.125. The van der Waals surface area contributed by atoms with Crippen LogP contribution in [-0.4, -0.2) is 8.42 Å². The molecule has 0 aliphatic carbocycles. The van der Waals surface area contributed by atoms with Crippen LogP contribution in [0.4, 0.5) is 11.4 Å². The van der Waals surface area contributed by atoms with Crippen molar-refractivity contribution in [1.82, 2.24) is 0 Å². The fourth-order valence-electron chi connectivity index (χ4n) is 1.79. The number of nitrogen functional groups attached to an aromatic ring is 1. The first-order chi connectivity index (χ1) is 9.29. The molecule has 0 radical (unpaired) electrons. The average Bonchev–Trinajstić information content (AvgIpc) is 2.36. The summed E-state index contributed by atoms with van der Waals surface area (Å²) in [6.45, 7) is 3.61. The number of anilines is 2. The Hall–Kier alpha value is -1.72. The molecule has 0 aliphatic rings. The molecule has 0 saturated heterocycles. The van der Waals surface area contributed by atoms with E-state index in [0.717, 1.165) is 5.56 Å². The van der Waals surface area contributed by atoms with Gasteiger partial charge in [-0.15, -0.1) is 0 Å². The van der Waals surface area contributed by atoms with Crippen molar-refractivity contribution in [3.63, 3.8) is 0 Å². The molecule has 0 bridgehead atoms. The standard InChI is InChI=1S/C14H15ClN2O2S/c1-9-3-5-11(6-4-9)17-20(18,19)14-8-13(16)12(15)7-10(14)2/h3-8,17H,16H2,1-2H3. The Labute approximate surface area is 123 Å². The lowest BCUT2D eigenvalue weighted by molar-refractivity contribution is 0.600. The Morgan fingerprint density at radius 2 is 1.70 bits per heavy atom. The summed E-state index contributed by atoms with van der Waals surface area (Å²) in [4.78, 5) is 0.125. The van der Waals surface area contributed by atoms with E-state index in [4.69, 9.17) is 17.3 Å². The zero-order chi connectivity index (χ0) is 14.9. The molecule has 0 atom stereocenters. The van der Waals surface area contributed by atoms with Crippen LogP contribution in [0, 0.1) is 13.8 Å².